The van der Waals surface area contributed by atoms with Gasteiger partial charge in [0.1, 0.15) is 6.04 Å². The van der Waals surface area contributed by atoms with Crippen molar-refractivity contribution in [3.8, 4) is 0 Å². The summed E-state index contributed by atoms with van der Waals surface area (Å²) in [5, 5.41) is 3.20. The highest BCUT2D eigenvalue weighted by molar-refractivity contribution is 5.88. The summed E-state index contributed by atoms with van der Waals surface area (Å²) in [6, 6.07) is 16.1. The molecule has 0 bridgehead atoms. The van der Waals surface area contributed by atoms with Gasteiger partial charge in [-0.15, -0.1) is 0 Å². The minimum atomic E-state index is -0.482. The van der Waals surface area contributed by atoms with Crippen molar-refractivity contribution in [3.05, 3.63) is 70.8 Å². The van der Waals surface area contributed by atoms with Gasteiger partial charge in [0.05, 0.1) is 6.42 Å². The van der Waals surface area contributed by atoms with Gasteiger partial charge in [-0.3, -0.25) is 9.59 Å². The van der Waals surface area contributed by atoms with Crippen LogP contribution in [-0.4, -0.2) is 35.3 Å². The van der Waals surface area contributed by atoms with Crippen molar-refractivity contribution in [3.63, 3.8) is 0 Å². The first-order valence-corrected chi connectivity index (χ1v) is 11.6. The number of aryl methyl sites for hydroxylation is 2. The van der Waals surface area contributed by atoms with Gasteiger partial charge in [0, 0.05) is 12.6 Å². The Labute approximate surface area is 187 Å². The molecule has 2 aromatic rings. The zero-order chi connectivity index (χ0) is 22.2. The maximum absolute atomic E-state index is 13.3. The summed E-state index contributed by atoms with van der Waals surface area (Å²) in [5.41, 5.74) is 4.57. The molecule has 0 aromatic heterocycles. The largest absolute Gasteiger partial charge is 0.352 e. The summed E-state index contributed by atoms with van der Waals surface area (Å²) in [4.78, 5) is 28.1. The SMILES string of the molecule is Cc1ccc(CC(=O)N(CCc2ccccc2)[C@H](C)C(=O)NC2CCCCC2)cc1C. The number of carbonyl (C=O) groups excluding carboxylic acids is 2. The lowest BCUT2D eigenvalue weighted by Crippen LogP contribution is -2.51. The van der Waals surface area contributed by atoms with Crippen LogP contribution in [0.1, 0.15) is 61.3 Å². The minimum absolute atomic E-state index is 0.00507. The fraction of sp³-hybridized carbons (Fsp3) is 0.481. The van der Waals surface area contributed by atoms with Gasteiger partial charge in [0.2, 0.25) is 11.8 Å². The van der Waals surface area contributed by atoms with Crippen LogP contribution >= 0.6 is 0 Å². The molecule has 2 aromatic carbocycles. The van der Waals surface area contributed by atoms with Crippen molar-refractivity contribution in [2.24, 2.45) is 0 Å². The van der Waals surface area contributed by atoms with Crippen LogP contribution in [0.3, 0.4) is 0 Å². The number of nitrogens with one attached hydrogen (secondary N) is 1. The van der Waals surface area contributed by atoms with Crippen LogP contribution in [-0.2, 0) is 22.4 Å². The molecule has 4 heteroatoms. The zero-order valence-corrected chi connectivity index (χ0v) is 19.2. The topological polar surface area (TPSA) is 49.4 Å². The van der Waals surface area contributed by atoms with Crippen molar-refractivity contribution in [2.45, 2.75) is 77.8 Å². The lowest BCUT2D eigenvalue weighted by molar-refractivity contribution is -0.139. The zero-order valence-electron chi connectivity index (χ0n) is 19.2. The highest BCUT2D eigenvalue weighted by Gasteiger charge is 2.27. The quantitative estimate of drug-likeness (QED) is 0.670. The molecular weight excluding hydrogens is 384 g/mol. The van der Waals surface area contributed by atoms with Gasteiger partial charge in [-0.25, -0.2) is 0 Å². The molecule has 0 radical (unpaired) electrons. The third-order valence-corrected chi connectivity index (χ3v) is 6.53. The van der Waals surface area contributed by atoms with Crippen LogP contribution in [0.2, 0.25) is 0 Å². The smallest absolute Gasteiger partial charge is 0.242 e. The molecule has 2 amide bonds. The summed E-state index contributed by atoms with van der Waals surface area (Å²) in [5.74, 6) is -0.0288. The van der Waals surface area contributed by atoms with E-state index in [1.165, 1.54) is 36.0 Å². The van der Waals surface area contributed by atoms with Crippen molar-refractivity contribution in [1.29, 1.82) is 0 Å². The molecule has 1 saturated carbocycles. The van der Waals surface area contributed by atoms with E-state index in [2.05, 4.69) is 43.4 Å². The lowest BCUT2D eigenvalue weighted by atomic mass is 9.95. The van der Waals surface area contributed by atoms with E-state index >= 15 is 0 Å². The molecule has 0 heterocycles. The Balaban J connectivity index is 1.71. The van der Waals surface area contributed by atoms with Crippen molar-refractivity contribution >= 4 is 11.8 Å². The number of hydrogen-bond acceptors (Lipinski definition) is 2. The molecule has 166 valence electrons. The maximum Gasteiger partial charge on any atom is 0.242 e. The Bertz CT molecular complexity index is 872. The molecule has 1 fully saturated rings. The molecule has 1 aliphatic rings. The minimum Gasteiger partial charge on any atom is -0.352 e. The van der Waals surface area contributed by atoms with Crippen molar-refractivity contribution in [1.82, 2.24) is 10.2 Å². The molecule has 0 unspecified atom stereocenters. The van der Waals surface area contributed by atoms with Gasteiger partial charge in [0.25, 0.3) is 0 Å². The number of carbonyl (C=O) groups is 2. The highest BCUT2D eigenvalue weighted by atomic mass is 16.2. The van der Waals surface area contributed by atoms with Crippen molar-refractivity contribution < 1.29 is 9.59 Å². The highest BCUT2D eigenvalue weighted by Crippen LogP contribution is 2.18. The second-order valence-corrected chi connectivity index (χ2v) is 8.94. The third kappa shape index (κ3) is 6.68. The summed E-state index contributed by atoms with van der Waals surface area (Å²) in [7, 11) is 0. The van der Waals surface area contributed by atoms with Gasteiger partial charge in [-0.2, -0.15) is 0 Å². The first-order valence-electron chi connectivity index (χ1n) is 11.6. The molecule has 1 atom stereocenters. The van der Waals surface area contributed by atoms with E-state index in [1.54, 1.807) is 4.90 Å². The van der Waals surface area contributed by atoms with E-state index in [0.29, 0.717) is 13.0 Å². The summed E-state index contributed by atoms with van der Waals surface area (Å²) in [6.07, 6.45) is 6.72. The molecule has 4 nitrogen and oxygen atoms in total. The lowest BCUT2D eigenvalue weighted by Gasteiger charge is -2.31. The van der Waals surface area contributed by atoms with E-state index in [1.807, 2.05) is 31.2 Å². The standard InChI is InChI=1S/C27H36N2O2/c1-20-14-15-24(18-21(20)2)19-26(30)29(17-16-23-10-6-4-7-11-23)22(3)27(31)28-25-12-8-5-9-13-25/h4,6-7,10-11,14-15,18,22,25H,5,8-9,12-13,16-17,19H2,1-3H3,(H,28,31)/t22-/m1/s1. The van der Waals surface area contributed by atoms with Gasteiger partial charge < -0.3 is 10.2 Å². The first-order chi connectivity index (χ1) is 14.9. The third-order valence-electron chi connectivity index (χ3n) is 6.53. The molecule has 1 N–H and O–H groups in total. The van der Waals surface area contributed by atoms with Gasteiger partial charge in [-0.05, 0) is 62.3 Å². The summed E-state index contributed by atoms with van der Waals surface area (Å²) in [6.45, 7) is 6.54. The Kier molecular flexibility index (Phi) is 8.27. The van der Waals surface area contributed by atoms with Crippen LogP contribution < -0.4 is 5.32 Å². The Morgan fingerprint density at radius 1 is 0.968 bits per heavy atom. The predicted molar refractivity (Wildman–Crippen MR) is 126 cm³/mol. The Morgan fingerprint density at radius 3 is 2.35 bits per heavy atom. The van der Waals surface area contributed by atoms with Crippen LogP contribution in [0.5, 0.6) is 0 Å². The summed E-state index contributed by atoms with van der Waals surface area (Å²) < 4.78 is 0. The average molecular weight is 421 g/mol. The van der Waals surface area contributed by atoms with Crippen LogP contribution in [0.4, 0.5) is 0 Å². The second kappa shape index (κ2) is 11.1. The molecule has 31 heavy (non-hydrogen) atoms. The van der Waals surface area contributed by atoms with E-state index < -0.39 is 6.04 Å². The molecule has 1 aliphatic carbocycles. The molecule has 0 aliphatic heterocycles. The molecule has 3 rings (SSSR count). The number of nitrogens with zero attached hydrogens (tertiary/aromatic N) is 1. The van der Waals surface area contributed by atoms with E-state index in [0.717, 1.165) is 24.8 Å². The first kappa shape index (κ1) is 23.1. The maximum atomic E-state index is 13.3. The van der Waals surface area contributed by atoms with Crippen LogP contribution in [0, 0.1) is 13.8 Å². The molecule has 0 spiro atoms. The summed E-state index contributed by atoms with van der Waals surface area (Å²) >= 11 is 0. The number of hydrogen-bond donors (Lipinski definition) is 1. The number of benzene rings is 2. The van der Waals surface area contributed by atoms with E-state index in [9.17, 15) is 9.59 Å². The molecule has 0 saturated heterocycles. The van der Waals surface area contributed by atoms with Gasteiger partial charge in [-0.1, -0.05) is 67.8 Å². The van der Waals surface area contributed by atoms with Gasteiger partial charge in [0.15, 0.2) is 0 Å². The Morgan fingerprint density at radius 2 is 1.68 bits per heavy atom. The second-order valence-electron chi connectivity index (χ2n) is 8.94. The number of amides is 2. The normalized spacial score (nSPS) is 15.3. The fourth-order valence-corrected chi connectivity index (χ4v) is 4.33. The van der Waals surface area contributed by atoms with E-state index in [4.69, 9.17) is 0 Å². The monoisotopic (exact) mass is 420 g/mol. The van der Waals surface area contributed by atoms with Crippen LogP contribution in [0.15, 0.2) is 48.5 Å². The Hall–Kier alpha value is -2.62. The fourth-order valence-electron chi connectivity index (χ4n) is 4.33. The molecular formula is C27H36N2O2. The van der Waals surface area contributed by atoms with Gasteiger partial charge >= 0.3 is 0 Å². The number of rotatable bonds is 8. The van der Waals surface area contributed by atoms with E-state index in [-0.39, 0.29) is 17.9 Å². The average Bonchev–Trinajstić information content (AvgIpc) is 2.77. The van der Waals surface area contributed by atoms with Crippen LogP contribution in [0.25, 0.3) is 0 Å². The predicted octanol–water partition coefficient (Wildman–Crippen LogP) is 4.75. The van der Waals surface area contributed by atoms with Crippen molar-refractivity contribution in [2.75, 3.05) is 6.54 Å².